The van der Waals surface area contributed by atoms with Crippen molar-refractivity contribution in [3.8, 4) is 11.8 Å². The maximum absolute atomic E-state index is 4.38. The molecule has 0 spiro atoms. The first-order chi connectivity index (χ1) is 11.2. The average molecular weight is 326 g/mol. The third kappa shape index (κ3) is 4.25. The second kappa shape index (κ2) is 7.49. The highest BCUT2D eigenvalue weighted by Crippen LogP contribution is 2.18. The summed E-state index contributed by atoms with van der Waals surface area (Å²) in [5.74, 6) is 6.60. The minimum atomic E-state index is 0.831. The van der Waals surface area contributed by atoms with Crippen LogP contribution in [0, 0.1) is 11.8 Å². The van der Waals surface area contributed by atoms with Crippen LogP contribution >= 0.6 is 11.3 Å². The Hall–Kier alpha value is -2.03. The minimum Gasteiger partial charge on any atom is -0.378 e. The lowest BCUT2D eigenvalue weighted by molar-refractivity contribution is 0.288. The van der Waals surface area contributed by atoms with Crippen LogP contribution in [0.4, 0.5) is 10.8 Å². The summed E-state index contributed by atoms with van der Waals surface area (Å²) in [5.41, 5.74) is 2.27. The average Bonchev–Trinajstić information content (AvgIpc) is 3.10. The third-order valence-corrected chi connectivity index (χ3v) is 4.79. The van der Waals surface area contributed by atoms with Crippen molar-refractivity contribution in [3.05, 3.63) is 41.4 Å². The van der Waals surface area contributed by atoms with Crippen LogP contribution in [0.25, 0.3) is 0 Å². The Balaban J connectivity index is 1.51. The standard InChI is InChI=1S/C18H22N4S/c1-20(2)17-7-3-5-16(15-17)6-4-9-21-10-12-22(13-11-21)18-19-8-14-23-18/h3,5,7-8,14-15H,9-13H2,1-2H3. The molecule has 5 heteroatoms. The van der Waals surface area contributed by atoms with Crippen molar-refractivity contribution in [2.75, 3.05) is 56.6 Å². The molecule has 4 nitrogen and oxygen atoms in total. The van der Waals surface area contributed by atoms with E-state index in [1.54, 1.807) is 11.3 Å². The van der Waals surface area contributed by atoms with Gasteiger partial charge in [-0.25, -0.2) is 4.98 Å². The van der Waals surface area contributed by atoms with Gasteiger partial charge in [-0.3, -0.25) is 4.90 Å². The fraction of sp³-hybridized carbons (Fsp3) is 0.389. The van der Waals surface area contributed by atoms with E-state index in [1.807, 2.05) is 11.6 Å². The highest BCUT2D eigenvalue weighted by Gasteiger charge is 2.17. The quantitative estimate of drug-likeness (QED) is 0.808. The molecule has 0 N–H and O–H groups in total. The third-order valence-electron chi connectivity index (χ3n) is 3.96. The summed E-state index contributed by atoms with van der Waals surface area (Å²) < 4.78 is 0. The normalized spacial score (nSPS) is 15.1. The summed E-state index contributed by atoms with van der Waals surface area (Å²) in [5, 5.41) is 3.17. The monoisotopic (exact) mass is 326 g/mol. The zero-order valence-electron chi connectivity index (χ0n) is 13.7. The molecule has 1 saturated heterocycles. The molecule has 23 heavy (non-hydrogen) atoms. The van der Waals surface area contributed by atoms with Gasteiger partial charge in [0.15, 0.2) is 5.13 Å². The molecule has 1 aliphatic rings. The molecule has 0 radical (unpaired) electrons. The van der Waals surface area contributed by atoms with Crippen molar-refractivity contribution in [2.45, 2.75) is 0 Å². The number of benzene rings is 1. The van der Waals surface area contributed by atoms with Crippen LogP contribution in [0.5, 0.6) is 0 Å². The maximum atomic E-state index is 4.38. The van der Waals surface area contributed by atoms with Crippen LogP contribution < -0.4 is 9.80 Å². The van der Waals surface area contributed by atoms with Gasteiger partial charge < -0.3 is 9.80 Å². The zero-order chi connectivity index (χ0) is 16.1. The van der Waals surface area contributed by atoms with E-state index in [4.69, 9.17) is 0 Å². The summed E-state index contributed by atoms with van der Waals surface area (Å²) in [6, 6.07) is 8.36. The number of nitrogens with zero attached hydrogens (tertiary/aromatic N) is 4. The van der Waals surface area contributed by atoms with Gasteiger partial charge in [0.05, 0.1) is 6.54 Å². The van der Waals surface area contributed by atoms with Crippen molar-refractivity contribution >= 4 is 22.2 Å². The predicted molar refractivity (Wildman–Crippen MR) is 98.4 cm³/mol. The van der Waals surface area contributed by atoms with Gasteiger partial charge in [-0.05, 0) is 18.2 Å². The van der Waals surface area contributed by atoms with Gasteiger partial charge in [0.1, 0.15) is 0 Å². The lowest BCUT2D eigenvalue weighted by Crippen LogP contribution is -2.46. The second-order valence-corrected chi connectivity index (χ2v) is 6.70. The Morgan fingerprint density at radius 3 is 2.74 bits per heavy atom. The van der Waals surface area contributed by atoms with Gasteiger partial charge in [0.25, 0.3) is 0 Å². The molecular formula is C18H22N4S. The minimum absolute atomic E-state index is 0.831. The molecule has 1 aromatic carbocycles. The first-order valence-electron chi connectivity index (χ1n) is 7.85. The van der Waals surface area contributed by atoms with Gasteiger partial charge in [0.2, 0.25) is 0 Å². The Morgan fingerprint density at radius 2 is 2.04 bits per heavy atom. The molecule has 1 fully saturated rings. The summed E-state index contributed by atoms with van der Waals surface area (Å²) >= 11 is 1.71. The topological polar surface area (TPSA) is 22.6 Å². The molecule has 120 valence electrons. The second-order valence-electron chi connectivity index (χ2n) is 5.82. The first-order valence-corrected chi connectivity index (χ1v) is 8.73. The molecule has 1 aliphatic heterocycles. The number of hydrogen-bond donors (Lipinski definition) is 0. The summed E-state index contributed by atoms with van der Waals surface area (Å²) in [7, 11) is 4.10. The maximum Gasteiger partial charge on any atom is 0.185 e. The molecule has 0 bridgehead atoms. The van der Waals surface area contributed by atoms with E-state index in [2.05, 4.69) is 69.9 Å². The van der Waals surface area contributed by atoms with Gasteiger partial charge >= 0.3 is 0 Å². The number of rotatable bonds is 3. The molecule has 1 aromatic heterocycles. The number of piperazine rings is 1. The van der Waals surface area contributed by atoms with Gasteiger partial charge in [0, 0.05) is 63.1 Å². The molecule has 3 rings (SSSR count). The molecule has 2 heterocycles. The highest BCUT2D eigenvalue weighted by atomic mass is 32.1. The van der Waals surface area contributed by atoms with E-state index in [-0.39, 0.29) is 0 Å². The largest absolute Gasteiger partial charge is 0.378 e. The van der Waals surface area contributed by atoms with Crippen molar-refractivity contribution in [1.29, 1.82) is 0 Å². The van der Waals surface area contributed by atoms with Crippen molar-refractivity contribution in [3.63, 3.8) is 0 Å². The Labute approximate surface area is 142 Å². The lowest BCUT2D eigenvalue weighted by Gasteiger charge is -2.33. The Morgan fingerprint density at radius 1 is 1.22 bits per heavy atom. The van der Waals surface area contributed by atoms with Crippen LogP contribution in [-0.4, -0.2) is 56.7 Å². The van der Waals surface area contributed by atoms with Crippen molar-refractivity contribution in [1.82, 2.24) is 9.88 Å². The predicted octanol–water partition coefficient (Wildman–Crippen LogP) is 2.38. The lowest BCUT2D eigenvalue weighted by atomic mass is 10.2. The number of anilines is 2. The fourth-order valence-corrected chi connectivity index (χ4v) is 3.28. The number of aromatic nitrogens is 1. The summed E-state index contributed by atoms with van der Waals surface area (Å²) in [6.45, 7) is 4.99. The Kier molecular flexibility index (Phi) is 5.16. The molecule has 0 aliphatic carbocycles. The zero-order valence-corrected chi connectivity index (χ0v) is 14.5. The Bertz CT molecular complexity index is 677. The van der Waals surface area contributed by atoms with Gasteiger partial charge in [-0.15, -0.1) is 11.3 Å². The van der Waals surface area contributed by atoms with Crippen molar-refractivity contribution in [2.24, 2.45) is 0 Å². The molecule has 0 unspecified atom stereocenters. The van der Waals surface area contributed by atoms with Gasteiger partial charge in [-0.1, -0.05) is 17.9 Å². The van der Waals surface area contributed by atoms with Crippen molar-refractivity contribution < 1.29 is 0 Å². The van der Waals surface area contributed by atoms with E-state index in [9.17, 15) is 0 Å². The van der Waals surface area contributed by atoms with E-state index in [0.717, 1.165) is 43.4 Å². The highest BCUT2D eigenvalue weighted by molar-refractivity contribution is 7.13. The van der Waals surface area contributed by atoms with Crippen LogP contribution in [-0.2, 0) is 0 Å². The van der Waals surface area contributed by atoms with E-state index in [0.29, 0.717) is 0 Å². The fourth-order valence-electron chi connectivity index (χ4n) is 2.58. The molecule has 0 saturated carbocycles. The first kappa shape index (κ1) is 15.9. The smallest absolute Gasteiger partial charge is 0.185 e. The van der Waals surface area contributed by atoms with E-state index < -0.39 is 0 Å². The van der Waals surface area contributed by atoms with Gasteiger partial charge in [-0.2, -0.15) is 0 Å². The van der Waals surface area contributed by atoms with Crippen LogP contribution in [0.3, 0.4) is 0 Å². The van der Waals surface area contributed by atoms with Crippen LogP contribution in [0.15, 0.2) is 35.8 Å². The van der Waals surface area contributed by atoms with Crippen LogP contribution in [0.1, 0.15) is 5.56 Å². The molecular weight excluding hydrogens is 304 g/mol. The molecule has 0 atom stereocenters. The summed E-state index contributed by atoms with van der Waals surface area (Å²) in [6.07, 6.45) is 1.87. The SMILES string of the molecule is CN(C)c1cccc(C#CCN2CCN(c3nccs3)CC2)c1. The van der Waals surface area contributed by atoms with E-state index in [1.165, 1.54) is 5.69 Å². The molecule has 2 aromatic rings. The summed E-state index contributed by atoms with van der Waals surface area (Å²) in [4.78, 5) is 11.2. The van der Waals surface area contributed by atoms with E-state index >= 15 is 0 Å². The number of thiazole rings is 1. The molecule has 0 amide bonds. The number of hydrogen-bond acceptors (Lipinski definition) is 5. The van der Waals surface area contributed by atoms with Crippen LogP contribution in [0.2, 0.25) is 0 Å².